The summed E-state index contributed by atoms with van der Waals surface area (Å²) in [5.74, 6) is 0.751. The summed E-state index contributed by atoms with van der Waals surface area (Å²) in [5, 5.41) is 0.551. The Balaban J connectivity index is 2.35. The molecule has 1 aliphatic heterocycles. The van der Waals surface area contributed by atoms with Crippen molar-refractivity contribution in [2.45, 2.75) is 25.1 Å². The van der Waals surface area contributed by atoms with Crippen molar-refractivity contribution in [3.63, 3.8) is 0 Å². The van der Waals surface area contributed by atoms with Crippen molar-refractivity contribution in [1.29, 1.82) is 0 Å². The van der Waals surface area contributed by atoms with Crippen LogP contribution in [-0.4, -0.2) is 36.7 Å². The zero-order chi connectivity index (χ0) is 14.0. The number of hydrogen-bond donors (Lipinski definition) is 1. The second-order valence-electron chi connectivity index (χ2n) is 4.78. The van der Waals surface area contributed by atoms with Gasteiger partial charge in [-0.1, -0.05) is 6.92 Å². The van der Waals surface area contributed by atoms with Gasteiger partial charge in [0.05, 0.1) is 24.0 Å². The van der Waals surface area contributed by atoms with Gasteiger partial charge in [-0.25, -0.2) is 4.79 Å². The Labute approximate surface area is 118 Å². The SMILES string of the molecule is COC(=O)c1ccc(N)c(N2CCSC(C)C2C)c1. The van der Waals surface area contributed by atoms with Crippen molar-refractivity contribution in [3.05, 3.63) is 23.8 Å². The van der Waals surface area contributed by atoms with Gasteiger partial charge in [0, 0.05) is 23.6 Å². The highest BCUT2D eigenvalue weighted by Crippen LogP contribution is 2.33. The van der Waals surface area contributed by atoms with E-state index in [0.717, 1.165) is 18.0 Å². The molecular formula is C14H20N2O2S. The van der Waals surface area contributed by atoms with E-state index in [1.54, 1.807) is 12.1 Å². The summed E-state index contributed by atoms with van der Waals surface area (Å²) in [7, 11) is 1.39. The molecule has 1 heterocycles. The third kappa shape index (κ3) is 2.81. The second-order valence-corrected chi connectivity index (χ2v) is 6.26. The first-order valence-electron chi connectivity index (χ1n) is 6.40. The predicted octanol–water partition coefficient (Wildman–Crippen LogP) is 2.39. The Kier molecular flexibility index (Phi) is 4.24. The predicted molar refractivity (Wildman–Crippen MR) is 80.9 cm³/mol. The largest absolute Gasteiger partial charge is 0.465 e. The monoisotopic (exact) mass is 280 g/mol. The molecule has 0 amide bonds. The number of methoxy groups -OCH3 is 1. The number of nitrogens with zero attached hydrogens (tertiary/aromatic N) is 1. The van der Waals surface area contributed by atoms with Gasteiger partial charge in [0.25, 0.3) is 0 Å². The van der Waals surface area contributed by atoms with Gasteiger partial charge in [0.1, 0.15) is 0 Å². The Bertz CT molecular complexity index is 479. The summed E-state index contributed by atoms with van der Waals surface area (Å²) in [5.41, 5.74) is 8.26. The van der Waals surface area contributed by atoms with E-state index in [0.29, 0.717) is 22.5 Å². The lowest BCUT2D eigenvalue weighted by Crippen LogP contribution is -2.45. The van der Waals surface area contributed by atoms with E-state index < -0.39 is 0 Å². The van der Waals surface area contributed by atoms with Crippen molar-refractivity contribution < 1.29 is 9.53 Å². The number of esters is 1. The van der Waals surface area contributed by atoms with Gasteiger partial charge in [0.2, 0.25) is 0 Å². The number of nitrogens with two attached hydrogens (primary N) is 1. The molecule has 2 unspecified atom stereocenters. The highest BCUT2D eigenvalue weighted by atomic mass is 32.2. The van der Waals surface area contributed by atoms with Crippen molar-refractivity contribution in [2.75, 3.05) is 30.0 Å². The first-order chi connectivity index (χ1) is 9.04. The fourth-order valence-corrected chi connectivity index (χ4v) is 3.41. The Morgan fingerprint density at radius 3 is 2.89 bits per heavy atom. The topological polar surface area (TPSA) is 55.6 Å². The Morgan fingerprint density at radius 2 is 2.21 bits per heavy atom. The molecule has 0 spiro atoms. The van der Waals surface area contributed by atoms with Gasteiger partial charge < -0.3 is 15.4 Å². The number of thioether (sulfide) groups is 1. The molecule has 2 N–H and O–H groups in total. The Morgan fingerprint density at radius 1 is 1.47 bits per heavy atom. The third-order valence-corrected chi connectivity index (χ3v) is 4.98. The lowest BCUT2D eigenvalue weighted by atomic mass is 10.1. The molecule has 2 atom stereocenters. The fraction of sp³-hybridized carbons (Fsp3) is 0.500. The number of carbonyl (C=O) groups excluding carboxylic acids is 1. The van der Waals surface area contributed by atoms with Gasteiger partial charge in [0.15, 0.2) is 0 Å². The number of ether oxygens (including phenoxy) is 1. The lowest BCUT2D eigenvalue weighted by molar-refractivity contribution is 0.0601. The molecule has 0 bridgehead atoms. The summed E-state index contributed by atoms with van der Waals surface area (Å²) in [6.45, 7) is 5.37. The summed E-state index contributed by atoms with van der Waals surface area (Å²) in [6.07, 6.45) is 0. The molecule has 4 nitrogen and oxygen atoms in total. The minimum Gasteiger partial charge on any atom is -0.465 e. The summed E-state index contributed by atoms with van der Waals surface area (Å²) < 4.78 is 4.76. The smallest absolute Gasteiger partial charge is 0.337 e. The highest BCUT2D eigenvalue weighted by molar-refractivity contribution is 8.00. The maximum Gasteiger partial charge on any atom is 0.337 e. The van der Waals surface area contributed by atoms with Crippen LogP contribution in [0.3, 0.4) is 0 Å². The molecule has 19 heavy (non-hydrogen) atoms. The molecule has 0 aliphatic carbocycles. The minimum absolute atomic E-state index is 0.326. The van der Waals surface area contributed by atoms with Crippen LogP contribution in [0.25, 0.3) is 0 Å². The van der Waals surface area contributed by atoms with Gasteiger partial charge in [-0.15, -0.1) is 0 Å². The van der Waals surface area contributed by atoms with Crippen LogP contribution >= 0.6 is 11.8 Å². The zero-order valence-corrected chi connectivity index (χ0v) is 12.4. The number of anilines is 2. The van der Waals surface area contributed by atoms with E-state index in [-0.39, 0.29) is 5.97 Å². The summed E-state index contributed by atoms with van der Waals surface area (Å²) >= 11 is 1.97. The van der Waals surface area contributed by atoms with E-state index in [1.807, 2.05) is 17.8 Å². The number of hydrogen-bond acceptors (Lipinski definition) is 5. The van der Waals surface area contributed by atoms with Gasteiger partial charge in [-0.3, -0.25) is 0 Å². The maximum absolute atomic E-state index is 11.6. The van der Waals surface area contributed by atoms with Crippen LogP contribution in [0, 0.1) is 0 Å². The lowest BCUT2D eigenvalue weighted by Gasteiger charge is -2.39. The standard InChI is InChI=1S/C14H20N2O2S/c1-9-10(2)19-7-6-16(9)13-8-11(14(17)18-3)4-5-12(13)15/h4-5,8-10H,6-7,15H2,1-3H3. The molecule has 2 rings (SSSR count). The summed E-state index contributed by atoms with van der Waals surface area (Å²) in [4.78, 5) is 13.9. The van der Waals surface area contributed by atoms with Crippen molar-refractivity contribution in [2.24, 2.45) is 0 Å². The fourth-order valence-electron chi connectivity index (χ4n) is 2.31. The Hall–Kier alpha value is -1.36. The van der Waals surface area contributed by atoms with Gasteiger partial charge >= 0.3 is 5.97 Å². The number of rotatable bonds is 2. The molecular weight excluding hydrogens is 260 g/mol. The zero-order valence-electron chi connectivity index (χ0n) is 11.6. The summed E-state index contributed by atoms with van der Waals surface area (Å²) in [6, 6.07) is 5.72. The van der Waals surface area contributed by atoms with Crippen molar-refractivity contribution >= 4 is 29.1 Å². The number of carbonyl (C=O) groups is 1. The molecule has 1 saturated heterocycles. The third-order valence-electron chi connectivity index (χ3n) is 3.64. The van der Waals surface area contributed by atoms with Crippen LogP contribution in [0.2, 0.25) is 0 Å². The molecule has 0 aromatic heterocycles. The van der Waals surface area contributed by atoms with E-state index in [1.165, 1.54) is 7.11 Å². The van der Waals surface area contributed by atoms with Crippen LogP contribution in [-0.2, 0) is 4.74 Å². The molecule has 1 fully saturated rings. The maximum atomic E-state index is 11.6. The van der Waals surface area contributed by atoms with Crippen molar-refractivity contribution in [1.82, 2.24) is 0 Å². The molecule has 5 heteroatoms. The normalized spacial score (nSPS) is 23.2. The van der Waals surface area contributed by atoms with Crippen LogP contribution in [0.5, 0.6) is 0 Å². The van der Waals surface area contributed by atoms with E-state index in [2.05, 4.69) is 18.7 Å². The van der Waals surface area contributed by atoms with Gasteiger partial charge in [-0.2, -0.15) is 11.8 Å². The van der Waals surface area contributed by atoms with E-state index >= 15 is 0 Å². The quantitative estimate of drug-likeness (QED) is 0.666. The average molecular weight is 280 g/mol. The number of benzene rings is 1. The molecule has 1 aromatic rings. The first kappa shape index (κ1) is 14.1. The van der Waals surface area contributed by atoms with Crippen molar-refractivity contribution in [3.8, 4) is 0 Å². The van der Waals surface area contributed by atoms with E-state index in [4.69, 9.17) is 10.5 Å². The molecule has 0 radical (unpaired) electrons. The van der Waals surface area contributed by atoms with Crippen LogP contribution < -0.4 is 10.6 Å². The molecule has 104 valence electrons. The minimum atomic E-state index is -0.326. The second kappa shape index (κ2) is 5.74. The first-order valence-corrected chi connectivity index (χ1v) is 7.45. The van der Waals surface area contributed by atoms with Crippen LogP contribution in [0.15, 0.2) is 18.2 Å². The van der Waals surface area contributed by atoms with Crippen LogP contribution in [0.4, 0.5) is 11.4 Å². The molecule has 1 aliphatic rings. The molecule has 0 saturated carbocycles. The van der Waals surface area contributed by atoms with E-state index in [9.17, 15) is 4.79 Å². The van der Waals surface area contributed by atoms with Crippen LogP contribution in [0.1, 0.15) is 24.2 Å². The highest BCUT2D eigenvalue weighted by Gasteiger charge is 2.27. The number of nitrogen functional groups attached to an aromatic ring is 1. The average Bonchev–Trinajstić information content (AvgIpc) is 2.42. The molecule has 1 aromatic carbocycles. The van der Waals surface area contributed by atoms with Gasteiger partial charge in [-0.05, 0) is 25.1 Å².